The fourth-order valence-electron chi connectivity index (χ4n) is 7.97. The van der Waals surface area contributed by atoms with E-state index in [1.165, 1.54) is 180 Å². The number of phosphoric acid groups is 1. The summed E-state index contributed by atoms with van der Waals surface area (Å²) in [5, 5.41) is 19.3. The normalized spacial score (nSPS) is 13.7. The van der Waals surface area contributed by atoms with E-state index in [9.17, 15) is 29.3 Å². The Morgan fingerprint density at radius 3 is 0.954 bits per heavy atom. The number of phosphoric ester groups is 1. The van der Waals surface area contributed by atoms with E-state index in [0.29, 0.717) is 12.8 Å². The number of unbranched alkanes of at least 4 members (excludes halogenated alkanes) is 34. The number of hydrogen-bond acceptors (Lipinski definition) is 9. The Morgan fingerprint density at radius 2 is 0.677 bits per heavy atom. The van der Waals surface area contributed by atoms with E-state index < -0.39 is 58.4 Å². The third kappa shape index (κ3) is 48.7. The summed E-state index contributed by atoms with van der Waals surface area (Å²) >= 11 is 0. The SMILES string of the molecule is CCCCCCC/C=C\C/C=C\CCCCCCCCCCCC(=O)OC(CO)COP(=O)(O)OCC(CO)OC(=O)CCCCCCCCCCCCCCCCCCCCCCC. The van der Waals surface area contributed by atoms with Crippen molar-refractivity contribution in [3.8, 4) is 0 Å². The van der Waals surface area contributed by atoms with Crippen molar-refractivity contribution in [2.45, 2.75) is 283 Å². The molecule has 0 aromatic rings. The third-order valence-electron chi connectivity index (χ3n) is 12.2. The van der Waals surface area contributed by atoms with E-state index >= 15 is 0 Å². The average Bonchev–Trinajstić information content (AvgIpc) is 3.30. The lowest BCUT2D eigenvalue weighted by molar-refractivity contribution is -0.153. The van der Waals surface area contributed by atoms with E-state index in [-0.39, 0.29) is 12.8 Å². The molecule has 11 heteroatoms. The predicted molar refractivity (Wildman–Crippen MR) is 270 cm³/mol. The highest BCUT2D eigenvalue weighted by Gasteiger charge is 2.27. The predicted octanol–water partition coefficient (Wildman–Crippen LogP) is 15.7. The van der Waals surface area contributed by atoms with Crippen LogP contribution in [0.2, 0.25) is 0 Å². The van der Waals surface area contributed by atoms with Gasteiger partial charge in [-0.2, -0.15) is 0 Å². The minimum absolute atomic E-state index is 0.190. The lowest BCUT2D eigenvalue weighted by Gasteiger charge is -2.20. The van der Waals surface area contributed by atoms with E-state index in [1.807, 2.05) is 0 Å². The molecule has 0 amide bonds. The second kappa shape index (κ2) is 50.3. The third-order valence-corrected chi connectivity index (χ3v) is 13.1. The van der Waals surface area contributed by atoms with Crippen molar-refractivity contribution in [2.24, 2.45) is 0 Å². The zero-order chi connectivity index (χ0) is 47.6. The maximum absolute atomic E-state index is 12.4. The molecule has 3 N–H and O–H groups in total. The van der Waals surface area contributed by atoms with Crippen LogP contribution in [-0.2, 0) is 32.7 Å². The number of carbonyl (C=O) groups is 2. The van der Waals surface area contributed by atoms with Crippen molar-refractivity contribution in [1.82, 2.24) is 0 Å². The number of esters is 2. The summed E-state index contributed by atoms with van der Waals surface area (Å²) in [4.78, 5) is 34.7. The molecule has 0 aliphatic rings. The molecule has 0 aromatic carbocycles. The molecule has 0 spiro atoms. The summed E-state index contributed by atoms with van der Waals surface area (Å²) in [5.74, 6) is -1.01. The summed E-state index contributed by atoms with van der Waals surface area (Å²) < 4.78 is 32.8. The van der Waals surface area contributed by atoms with Crippen LogP contribution < -0.4 is 0 Å². The molecule has 0 aliphatic carbocycles. The van der Waals surface area contributed by atoms with Gasteiger partial charge in [-0.1, -0.05) is 237 Å². The zero-order valence-electron chi connectivity index (χ0n) is 42.2. The molecule has 3 unspecified atom stereocenters. The molecule has 0 saturated heterocycles. The van der Waals surface area contributed by atoms with Crippen LogP contribution in [0.5, 0.6) is 0 Å². The van der Waals surface area contributed by atoms with Crippen LogP contribution in [-0.4, -0.2) is 65.7 Å². The molecule has 0 saturated carbocycles. The first-order chi connectivity index (χ1) is 31.8. The van der Waals surface area contributed by atoms with Gasteiger partial charge in [-0.15, -0.1) is 0 Å². The number of rotatable bonds is 52. The van der Waals surface area contributed by atoms with Crippen LogP contribution >= 0.6 is 7.82 Å². The smallest absolute Gasteiger partial charge is 0.457 e. The van der Waals surface area contributed by atoms with E-state index in [0.717, 1.165) is 51.4 Å². The maximum atomic E-state index is 12.4. The van der Waals surface area contributed by atoms with Crippen molar-refractivity contribution >= 4 is 19.8 Å². The minimum atomic E-state index is -4.64. The molecule has 65 heavy (non-hydrogen) atoms. The molecule has 0 bridgehead atoms. The zero-order valence-corrected chi connectivity index (χ0v) is 43.1. The summed E-state index contributed by atoms with van der Waals surface area (Å²) in [6.07, 6.45) is 54.4. The second-order valence-corrected chi connectivity index (χ2v) is 20.0. The molecule has 0 radical (unpaired) electrons. The fraction of sp³-hybridized carbons (Fsp3) is 0.889. The number of carbonyl (C=O) groups excluding carboxylic acids is 2. The van der Waals surface area contributed by atoms with Gasteiger partial charge in [0.05, 0.1) is 26.4 Å². The Hall–Kier alpha value is -1.55. The van der Waals surface area contributed by atoms with Crippen LogP contribution in [0.15, 0.2) is 24.3 Å². The topological polar surface area (TPSA) is 149 Å². The Labute approximate surface area is 399 Å². The lowest BCUT2D eigenvalue weighted by atomic mass is 10.0. The van der Waals surface area contributed by atoms with Gasteiger partial charge in [-0.05, 0) is 44.9 Å². The van der Waals surface area contributed by atoms with Gasteiger partial charge in [0.1, 0.15) is 12.2 Å². The van der Waals surface area contributed by atoms with E-state index in [4.69, 9.17) is 18.5 Å². The number of hydrogen-bond donors (Lipinski definition) is 3. The fourth-order valence-corrected chi connectivity index (χ4v) is 8.76. The molecule has 384 valence electrons. The molecule has 0 aromatic heterocycles. The molecule has 10 nitrogen and oxygen atoms in total. The van der Waals surface area contributed by atoms with Gasteiger partial charge in [-0.3, -0.25) is 18.6 Å². The molecular weight excluding hydrogens is 840 g/mol. The van der Waals surface area contributed by atoms with Crippen LogP contribution in [0.25, 0.3) is 0 Å². The molecular formula is C54H103O10P. The van der Waals surface area contributed by atoms with Gasteiger partial charge in [0.2, 0.25) is 0 Å². The number of aliphatic hydroxyl groups excluding tert-OH is 2. The van der Waals surface area contributed by atoms with Gasteiger partial charge in [0, 0.05) is 12.8 Å². The largest absolute Gasteiger partial charge is 0.472 e. The summed E-state index contributed by atoms with van der Waals surface area (Å²) in [6, 6.07) is 0. The van der Waals surface area contributed by atoms with Crippen molar-refractivity contribution in [2.75, 3.05) is 26.4 Å². The lowest BCUT2D eigenvalue weighted by Crippen LogP contribution is -2.28. The van der Waals surface area contributed by atoms with Gasteiger partial charge >= 0.3 is 19.8 Å². The minimum Gasteiger partial charge on any atom is -0.457 e. The summed E-state index contributed by atoms with van der Waals surface area (Å²) in [5.41, 5.74) is 0. The van der Waals surface area contributed by atoms with Gasteiger partial charge in [0.25, 0.3) is 0 Å². The quantitative estimate of drug-likeness (QED) is 0.0233. The molecule has 0 aliphatic heterocycles. The first-order valence-corrected chi connectivity index (χ1v) is 28.8. The van der Waals surface area contributed by atoms with Crippen molar-refractivity contribution in [1.29, 1.82) is 0 Å². The number of aliphatic hydroxyl groups is 2. The second-order valence-electron chi connectivity index (χ2n) is 18.6. The molecule has 3 atom stereocenters. The highest BCUT2D eigenvalue weighted by Crippen LogP contribution is 2.43. The number of ether oxygens (including phenoxy) is 2. The summed E-state index contributed by atoms with van der Waals surface area (Å²) in [6.45, 7) is 2.26. The first-order valence-electron chi connectivity index (χ1n) is 27.3. The highest BCUT2D eigenvalue weighted by molar-refractivity contribution is 7.47. The van der Waals surface area contributed by atoms with Gasteiger partial charge in [0.15, 0.2) is 0 Å². The van der Waals surface area contributed by atoms with E-state index in [2.05, 4.69) is 38.2 Å². The highest BCUT2D eigenvalue weighted by atomic mass is 31.2. The van der Waals surface area contributed by atoms with Crippen LogP contribution in [0, 0.1) is 0 Å². The maximum Gasteiger partial charge on any atom is 0.472 e. The Bertz CT molecular complexity index is 1130. The summed E-state index contributed by atoms with van der Waals surface area (Å²) in [7, 11) is -4.64. The van der Waals surface area contributed by atoms with Crippen LogP contribution in [0.4, 0.5) is 0 Å². The van der Waals surface area contributed by atoms with Crippen molar-refractivity contribution in [3.05, 3.63) is 24.3 Å². The Balaban J connectivity index is 3.79. The van der Waals surface area contributed by atoms with Crippen molar-refractivity contribution in [3.63, 3.8) is 0 Å². The van der Waals surface area contributed by atoms with Crippen LogP contribution in [0.1, 0.15) is 271 Å². The van der Waals surface area contributed by atoms with Crippen molar-refractivity contribution < 1.29 is 47.8 Å². The molecule has 0 fully saturated rings. The van der Waals surface area contributed by atoms with Gasteiger partial charge in [-0.25, -0.2) is 4.57 Å². The monoisotopic (exact) mass is 943 g/mol. The first kappa shape index (κ1) is 63.5. The molecule has 0 rings (SSSR count). The Kier molecular flexibility index (Phi) is 49.1. The number of allylic oxidation sites excluding steroid dienone is 4. The average molecular weight is 943 g/mol. The van der Waals surface area contributed by atoms with Gasteiger partial charge < -0.3 is 24.6 Å². The Morgan fingerprint density at radius 1 is 0.415 bits per heavy atom. The van der Waals surface area contributed by atoms with E-state index in [1.54, 1.807) is 0 Å². The molecule has 0 heterocycles. The van der Waals surface area contributed by atoms with Crippen LogP contribution in [0.3, 0.4) is 0 Å². The standard InChI is InChI=1S/C54H103O10P/c1-3-5-7-9-11-13-15-17-19-21-23-25-27-29-31-33-35-37-39-41-43-45-53(57)63-51(47-55)49-61-65(59,60)62-50-52(48-56)64-54(58)46-44-42-40-38-36-34-32-30-28-26-24-22-20-18-16-14-12-10-8-6-4-2/h15,17,21,23,51-52,55-56H,3-14,16,18-20,22,24-50H2,1-2H3,(H,59,60)/b17-15-,23-21-.